The molecule has 0 N–H and O–H groups in total. The number of nitrogens with zero attached hydrogens (tertiary/aromatic N) is 1. The molecule has 0 saturated heterocycles. The van der Waals surface area contributed by atoms with Gasteiger partial charge in [0.1, 0.15) is 0 Å². The summed E-state index contributed by atoms with van der Waals surface area (Å²) in [5, 5.41) is 8.85. The smallest absolute Gasteiger partial charge is 0.0991 e. The molecule has 0 aliphatic heterocycles. The zero-order valence-corrected chi connectivity index (χ0v) is 9.95. The number of allylic oxidation sites excluding steroid dienone is 6. The first-order chi connectivity index (χ1) is 7.79. The summed E-state index contributed by atoms with van der Waals surface area (Å²) in [6.07, 6.45) is 14.6. The van der Waals surface area contributed by atoms with E-state index in [2.05, 4.69) is 25.1 Å². The molecule has 2 aliphatic carbocycles. The molecule has 0 spiro atoms. The Bertz CT molecular complexity index is 371. The third-order valence-electron chi connectivity index (χ3n) is 3.80. The van der Waals surface area contributed by atoms with Crippen molar-refractivity contribution < 1.29 is 0 Å². The fourth-order valence-corrected chi connectivity index (χ4v) is 2.65. The van der Waals surface area contributed by atoms with E-state index in [0.29, 0.717) is 0 Å². The molecule has 0 unspecified atom stereocenters. The molecular formula is C15H19N. The van der Waals surface area contributed by atoms with Crippen LogP contribution >= 0.6 is 0 Å². The van der Waals surface area contributed by atoms with Crippen molar-refractivity contribution in [1.82, 2.24) is 0 Å². The van der Waals surface area contributed by atoms with Gasteiger partial charge in [0.05, 0.1) is 11.6 Å². The predicted octanol–water partition coefficient (Wildman–Crippen LogP) is 4.15. The highest BCUT2D eigenvalue weighted by Gasteiger charge is 2.20. The van der Waals surface area contributed by atoms with Crippen molar-refractivity contribution in [1.29, 1.82) is 5.26 Å². The van der Waals surface area contributed by atoms with E-state index >= 15 is 0 Å². The van der Waals surface area contributed by atoms with Gasteiger partial charge in [0, 0.05) is 0 Å². The Morgan fingerprint density at radius 2 is 1.94 bits per heavy atom. The highest BCUT2D eigenvalue weighted by Crippen LogP contribution is 2.35. The summed E-state index contributed by atoms with van der Waals surface area (Å²) in [6, 6.07) is 2.20. The standard InChI is InChI=1S/C15H19N/c1-12-5-8-15(9-6-12)14-4-2-3-13(11-16)7-10-14/h2-3,7,10,12,15H,4-6,8-9H2,1H3. The van der Waals surface area contributed by atoms with Crippen molar-refractivity contribution in [2.24, 2.45) is 11.8 Å². The van der Waals surface area contributed by atoms with Crippen LogP contribution in [0.2, 0.25) is 0 Å². The van der Waals surface area contributed by atoms with Gasteiger partial charge in [-0.3, -0.25) is 0 Å². The minimum atomic E-state index is 0.759. The van der Waals surface area contributed by atoms with Crippen LogP contribution in [0.4, 0.5) is 0 Å². The molecule has 0 radical (unpaired) electrons. The minimum absolute atomic E-state index is 0.759. The van der Waals surface area contributed by atoms with E-state index in [4.69, 9.17) is 5.26 Å². The van der Waals surface area contributed by atoms with Crippen LogP contribution in [0.25, 0.3) is 0 Å². The summed E-state index contributed by atoms with van der Waals surface area (Å²) in [6.45, 7) is 2.35. The van der Waals surface area contributed by atoms with E-state index in [1.165, 1.54) is 31.3 Å². The molecule has 0 aromatic rings. The maximum atomic E-state index is 8.85. The Balaban J connectivity index is 2.06. The summed E-state index contributed by atoms with van der Waals surface area (Å²) in [7, 11) is 0. The van der Waals surface area contributed by atoms with Crippen LogP contribution in [0.3, 0.4) is 0 Å². The van der Waals surface area contributed by atoms with Gasteiger partial charge < -0.3 is 0 Å². The zero-order chi connectivity index (χ0) is 11.4. The van der Waals surface area contributed by atoms with Crippen molar-refractivity contribution in [2.75, 3.05) is 0 Å². The molecule has 0 aromatic heterocycles. The lowest BCUT2D eigenvalue weighted by Crippen LogP contribution is -2.14. The van der Waals surface area contributed by atoms with Crippen molar-refractivity contribution >= 4 is 0 Å². The van der Waals surface area contributed by atoms with E-state index in [0.717, 1.165) is 23.8 Å². The second kappa shape index (κ2) is 5.16. The highest BCUT2D eigenvalue weighted by atomic mass is 14.3. The Morgan fingerprint density at radius 1 is 1.19 bits per heavy atom. The molecule has 0 atom stereocenters. The third-order valence-corrected chi connectivity index (χ3v) is 3.80. The Hall–Kier alpha value is -1.29. The van der Waals surface area contributed by atoms with Crippen LogP contribution in [0, 0.1) is 23.2 Å². The first kappa shape index (κ1) is 11.2. The second-order valence-corrected chi connectivity index (χ2v) is 5.04. The topological polar surface area (TPSA) is 23.8 Å². The van der Waals surface area contributed by atoms with Gasteiger partial charge in [-0.1, -0.05) is 37.5 Å². The lowest BCUT2D eigenvalue weighted by atomic mass is 9.78. The maximum Gasteiger partial charge on any atom is 0.0991 e. The summed E-state index contributed by atoms with van der Waals surface area (Å²) >= 11 is 0. The summed E-state index contributed by atoms with van der Waals surface area (Å²) in [4.78, 5) is 0. The normalized spacial score (nSPS) is 30.0. The van der Waals surface area contributed by atoms with Crippen LogP contribution in [0.15, 0.2) is 35.5 Å². The SMILES string of the molecule is CC1CCC(C2=CC=C(C#N)C=CC2)CC1. The molecule has 0 heterocycles. The molecule has 0 bridgehead atoms. The second-order valence-electron chi connectivity index (χ2n) is 5.04. The van der Waals surface area contributed by atoms with Crippen molar-refractivity contribution in [3.8, 4) is 6.07 Å². The Morgan fingerprint density at radius 3 is 2.62 bits per heavy atom. The van der Waals surface area contributed by atoms with Crippen LogP contribution in [0.1, 0.15) is 39.0 Å². The Labute approximate surface area is 98.2 Å². The highest BCUT2D eigenvalue weighted by molar-refractivity contribution is 5.40. The van der Waals surface area contributed by atoms with E-state index in [1.54, 1.807) is 0 Å². The fraction of sp³-hybridized carbons (Fsp3) is 0.533. The predicted molar refractivity (Wildman–Crippen MR) is 66.7 cm³/mol. The molecule has 2 rings (SSSR count). The maximum absolute atomic E-state index is 8.85. The van der Waals surface area contributed by atoms with Crippen molar-refractivity contribution in [2.45, 2.75) is 39.0 Å². The van der Waals surface area contributed by atoms with E-state index in [9.17, 15) is 0 Å². The van der Waals surface area contributed by atoms with Crippen molar-refractivity contribution in [3.05, 3.63) is 35.5 Å². The molecule has 84 valence electrons. The van der Waals surface area contributed by atoms with Crippen LogP contribution in [-0.2, 0) is 0 Å². The average molecular weight is 213 g/mol. The molecule has 1 nitrogen and oxygen atoms in total. The van der Waals surface area contributed by atoms with Gasteiger partial charge in [-0.2, -0.15) is 5.26 Å². The van der Waals surface area contributed by atoms with E-state index in [1.807, 2.05) is 12.2 Å². The van der Waals surface area contributed by atoms with Gasteiger partial charge in [0.15, 0.2) is 0 Å². The summed E-state index contributed by atoms with van der Waals surface area (Å²) in [5.74, 6) is 1.67. The van der Waals surface area contributed by atoms with Gasteiger partial charge in [-0.05, 0) is 43.3 Å². The van der Waals surface area contributed by atoms with Crippen LogP contribution in [0.5, 0.6) is 0 Å². The van der Waals surface area contributed by atoms with Gasteiger partial charge >= 0.3 is 0 Å². The van der Waals surface area contributed by atoms with Crippen molar-refractivity contribution in [3.63, 3.8) is 0 Å². The number of hydrogen-bond acceptors (Lipinski definition) is 1. The lowest BCUT2D eigenvalue weighted by molar-refractivity contribution is 0.318. The molecule has 0 amide bonds. The first-order valence-electron chi connectivity index (χ1n) is 6.27. The third kappa shape index (κ3) is 2.64. The van der Waals surface area contributed by atoms with Gasteiger partial charge in [-0.25, -0.2) is 0 Å². The Kier molecular flexibility index (Phi) is 3.62. The fourth-order valence-electron chi connectivity index (χ4n) is 2.65. The van der Waals surface area contributed by atoms with Crippen LogP contribution < -0.4 is 0 Å². The molecular weight excluding hydrogens is 194 g/mol. The number of hydrogen-bond donors (Lipinski definition) is 0. The van der Waals surface area contributed by atoms with Gasteiger partial charge in [0.2, 0.25) is 0 Å². The average Bonchev–Trinajstić information content (AvgIpc) is 2.55. The molecule has 0 aromatic carbocycles. The van der Waals surface area contributed by atoms with Gasteiger partial charge in [-0.15, -0.1) is 0 Å². The summed E-state index contributed by atoms with van der Waals surface area (Å²) < 4.78 is 0. The summed E-state index contributed by atoms with van der Waals surface area (Å²) in [5.41, 5.74) is 2.30. The lowest BCUT2D eigenvalue weighted by Gasteiger charge is -2.27. The molecule has 16 heavy (non-hydrogen) atoms. The largest absolute Gasteiger partial charge is 0.192 e. The van der Waals surface area contributed by atoms with Crippen LogP contribution in [-0.4, -0.2) is 0 Å². The molecule has 1 heteroatoms. The number of nitriles is 1. The molecule has 1 saturated carbocycles. The van der Waals surface area contributed by atoms with Gasteiger partial charge in [0.25, 0.3) is 0 Å². The monoisotopic (exact) mass is 213 g/mol. The first-order valence-corrected chi connectivity index (χ1v) is 6.27. The number of rotatable bonds is 1. The molecule has 1 fully saturated rings. The van der Waals surface area contributed by atoms with E-state index in [-0.39, 0.29) is 0 Å². The molecule has 2 aliphatic rings. The van der Waals surface area contributed by atoms with E-state index < -0.39 is 0 Å². The minimum Gasteiger partial charge on any atom is -0.192 e. The zero-order valence-electron chi connectivity index (χ0n) is 9.95. The quantitative estimate of drug-likeness (QED) is 0.642.